The number of benzene rings is 1. The van der Waals surface area contributed by atoms with Crippen LogP contribution in [0.5, 0.6) is 5.75 Å². The predicted octanol–water partition coefficient (Wildman–Crippen LogP) is 4.46. The molecule has 3 rings (SSSR count). The van der Waals surface area contributed by atoms with E-state index in [1.54, 1.807) is 18.4 Å². The third-order valence-corrected chi connectivity index (χ3v) is 4.22. The van der Waals surface area contributed by atoms with Gasteiger partial charge in [-0.1, -0.05) is 6.07 Å². The number of hydrogen-bond donors (Lipinski definition) is 0. The van der Waals surface area contributed by atoms with E-state index in [1.807, 2.05) is 41.8 Å². The van der Waals surface area contributed by atoms with Crippen LogP contribution in [0.3, 0.4) is 0 Å². The van der Waals surface area contributed by atoms with Crippen LogP contribution in [0.2, 0.25) is 0 Å². The maximum absolute atomic E-state index is 12.0. The fraction of sp³-hybridized carbons (Fsp3) is 0.235. The second kappa shape index (κ2) is 6.85. The molecule has 0 fully saturated rings. The van der Waals surface area contributed by atoms with Gasteiger partial charge in [0.05, 0.1) is 31.5 Å². The standard InChI is InChI=1S/C17H16FNO2S/c1-20-14-3-5-16-12(8-14)2-4-17(19-16)13-9-15(22-11-13)10-21-7-6-18/h2-5,8-9,11H,6-7,10H2,1H3. The summed E-state index contributed by atoms with van der Waals surface area (Å²) < 4.78 is 22.5. The van der Waals surface area contributed by atoms with Gasteiger partial charge in [-0.15, -0.1) is 11.3 Å². The molecule has 1 aromatic carbocycles. The van der Waals surface area contributed by atoms with E-state index >= 15 is 0 Å². The number of thiophene rings is 1. The Kier molecular flexibility index (Phi) is 4.65. The second-order valence-electron chi connectivity index (χ2n) is 4.80. The summed E-state index contributed by atoms with van der Waals surface area (Å²) in [5.41, 5.74) is 2.91. The van der Waals surface area contributed by atoms with Gasteiger partial charge in [0.15, 0.2) is 0 Å². The molecule has 114 valence electrons. The molecule has 3 nitrogen and oxygen atoms in total. The van der Waals surface area contributed by atoms with Crippen LogP contribution in [0, 0.1) is 0 Å². The minimum absolute atomic E-state index is 0.142. The minimum atomic E-state index is -0.450. The summed E-state index contributed by atoms with van der Waals surface area (Å²) in [5.74, 6) is 0.824. The number of ether oxygens (including phenoxy) is 2. The molecular weight excluding hydrogens is 301 g/mol. The van der Waals surface area contributed by atoms with E-state index in [0.717, 1.165) is 32.8 Å². The first-order chi connectivity index (χ1) is 10.8. The van der Waals surface area contributed by atoms with E-state index in [2.05, 4.69) is 4.98 Å². The Hall–Kier alpha value is -1.98. The van der Waals surface area contributed by atoms with E-state index in [-0.39, 0.29) is 6.61 Å². The van der Waals surface area contributed by atoms with E-state index in [4.69, 9.17) is 9.47 Å². The van der Waals surface area contributed by atoms with Crippen molar-refractivity contribution in [1.82, 2.24) is 4.98 Å². The first kappa shape index (κ1) is 14.9. The molecule has 0 N–H and O–H groups in total. The Bertz CT molecular complexity index is 772. The highest BCUT2D eigenvalue weighted by Crippen LogP contribution is 2.27. The van der Waals surface area contributed by atoms with Gasteiger partial charge in [-0.25, -0.2) is 9.37 Å². The van der Waals surface area contributed by atoms with Gasteiger partial charge in [0.2, 0.25) is 0 Å². The lowest BCUT2D eigenvalue weighted by Crippen LogP contribution is -1.94. The van der Waals surface area contributed by atoms with Crippen LogP contribution in [0.15, 0.2) is 41.8 Å². The van der Waals surface area contributed by atoms with Gasteiger partial charge in [-0.05, 0) is 30.3 Å². The molecule has 5 heteroatoms. The fourth-order valence-corrected chi connectivity index (χ4v) is 3.02. The molecule has 0 atom stereocenters. The van der Waals surface area contributed by atoms with Crippen molar-refractivity contribution in [3.63, 3.8) is 0 Å². The Balaban J connectivity index is 1.84. The second-order valence-corrected chi connectivity index (χ2v) is 5.79. The molecule has 0 amide bonds. The van der Waals surface area contributed by atoms with Crippen LogP contribution in [0.4, 0.5) is 4.39 Å². The molecule has 0 aliphatic rings. The molecule has 3 aromatic rings. The third-order valence-electron chi connectivity index (χ3n) is 3.31. The van der Waals surface area contributed by atoms with Gasteiger partial charge in [-0.2, -0.15) is 0 Å². The molecule has 2 heterocycles. The molecule has 2 aromatic heterocycles. The van der Waals surface area contributed by atoms with Crippen LogP contribution in [0.25, 0.3) is 22.2 Å². The minimum Gasteiger partial charge on any atom is -0.497 e. The SMILES string of the molecule is COc1ccc2nc(-c3csc(COCCF)c3)ccc2c1. The van der Waals surface area contributed by atoms with Gasteiger partial charge >= 0.3 is 0 Å². The molecule has 0 aliphatic carbocycles. The monoisotopic (exact) mass is 317 g/mol. The van der Waals surface area contributed by atoms with Crippen LogP contribution in [-0.2, 0) is 11.3 Å². The fourth-order valence-electron chi connectivity index (χ4n) is 2.21. The largest absolute Gasteiger partial charge is 0.497 e. The number of hydrogen-bond acceptors (Lipinski definition) is 4. The van der Waals surface area contributed by atoms with Crippen molar-refractivity contribution in [1.29, 1.82) is 0 Å². The van der Waals surface area contributed by atoms with E-state index in [9.17, 15) is 4.39 Å². The smallest absolute Gasteiger partial charge is 0.119 e. The molecule has 0 bridgehead atoms. The normalized spacial score (nSPS) is 11.0. The summed E-state index contributed by atoms with van der Waals surface area (Å²) >= 11 is 1.60. The van der Waals surface area contributed by atoms with Crippen molar-refractivity contribution < 1.29 is 13.9 Å². The van der Waals surface area contributed by atoms with Crippen molar-refractivity contribution in [3.8, 4) is 17.0 Å². The lowest BCUT2D eigenvalue weighted by molar-refractivity contribution is 0.108. The van der Waals surface area contributed by atoms with E-state index in [1.165, 1.54) is 0 Å². The van der Waals surface area contributed by atoms with Gasteiger partial charge in [0.1, 0.15) is 12.4 Å². The summed E-state index contributed by atoms with van der Waals surface area (Å²) in [7, 11) is 1.65. The molecule has 22 heavy (non-hydrogen) atoms. The predicted molar refractivity (Wildman–Crippen MR) is 87.2 cm³/mol. The summed E-state index contributed by atoms with van der Waals surface area (Å²) in [6.07, 6.45) is 0. The maximum Gasteiger partial charge on any atom is 0.119 e. The van der Waals surface area contributed by atoms with E-state index < -0.39 is 6.67 Å². The molecule has 0 aliphatic heterocycles. The average molecular weight is 317 g/mol. The van der Waals surface area contributed by atoms with Crippen molar-refractivity contribution >= 4 is 22.2 Å². The van der Waals surface area contributed by atoms with Gasteiger partial charge in [0.25, 0.3) is 0 Å². The van der Waals surface area contributed by atoms with E-state index in [0.29, 0.717) is 6.61 Å². The number of pyridine rings is 1. The van der Waals surface area contributed by atoms with Crippen LogP contribution in [0.1, 0.15) is 4.88 Å². The number of nitrogens with zero attached hydrogens (tertiary/aromatic N) is 1. The van der Waals surface area contributed by atoms with Crippen molar-refractivity contribution in [2.75, 3.05) is 20.4 Å². The zero-order valence-electron chi connectivity index (χ0n) is 12.2. The highest BCUT2D eigenvalue weighted by atomic mass is 32.1. The maximum atomic E-state index is 12.0. The number of fused-ring (bicyclic) bond motifs is 1. The van der Waals surface area contributed by atoms with Crippen LogP contribution < -0.4 is 4.74 Å². The Morgan fingerprint density at radius 3 is 2.91 bits per heavy atom. The zero-order chi connectivity index (χ0) is 15.4. The Labute approximate surface area is 132 Å². The molecule has 0 spiro atoms. The topological polar surface area (TPSA) is 31.4 Å². The number of aromatic nitrogens is 1. The number of halogens is 1. The third kappa shape index (κ3) is 3.26. The molecule has 0 saturated heterocycles. The highest BCUT2D eigenvalue weighted by molar-refractivity contribution is 7.10. The van der Waals surface area contributed by atoms with Crippen LogP contribution in [-0.4, -0.2) is 25.4 Å². The zero-order valence-corrected chi connectivity index (χ0v) is 13.0. The summed E-state index contributed by atoms with van der Waals surface area (Å²) in [6, 6.07) is 11.9. The number of alkyl halides is 1. The molecular formula is C17H16FNO2S. The first-order valence-corrected chi connectivity index (χ1v) is 7.84. The number of rotatable bonds is 6. The van der Waals surface area contributed by atoms with Crippen molar-refractivity contribution in [2.24, 2.45) is 0 Å². The number of methoxy groups -OCH3 is 1. The Morgan fingerprint density at radius 2 is 2.09 bits per heavy atom. The first-order valence-electron chi connectivity index (χ1n) is 6.96. The quantitative estimate of drug-likeness (QED) is 0.629. The summed E-state index contributed by atoms with van der Waals surface area (Å²) in [5, 5.41) is 3.09. The van der Waals surface area contributed by atoms with Gasteiger partial charge in [-0.3, -0.25) is 0 Å². The van der Waals surface area contributed by atoms with Crippen LogP contribution >= 0.6 is 11.3 Å². The molecule has 0 unspecified atom stereocenters. The lowest BCUT2D eigenvalue weighted by atomic mass is 10.1. The van der Waals surface area contributed by atoms with Crippen molar-refractivity contribution in [3.05, 3.63) is 46.7 Å². The summed E-state index contributed by atoms with van der Waals surface area (Å²) in [6.45, 7) is 0.135. The highest BCUT2D eigenvalue weighted by Gasteiger charge is 2.06. The average Bonchev–Trinajstić information content (AvgIpc) is 3.03. The Morgan fingerprint density at radius 1 is 1.18 bits per heavy atom. The molecule has 0 radical (unpaired) electrons. The lowest BCUT2D eigenvalue weighted by Gasteiger charge is -2.04. The van der Waals surface area contributed by atoms with Gasteiger partial charge < -0.3 is 9.47 Å². The summed E-state index contributed by atoms with van der Waals surface area (Å²) in [4.78, 5) is 5.75. The molecule has 0 saturated carbocycles. The van der Waals surface area contributed by atoms with Crippen molar-refractivity contribution in [2.45, 2.75) is 6.61 Å². The van der Waals surface area contributed by atoms with Gasteiger partial charge in [0, 0.05) is 21.2 Å².